The van der Waals surface area contributed by atoms with Gasteiger partial charge in [0.1, 0.15) is 6.10 Å². The average Bonchev–Trinajstić information content (AvgIpc) is 3.46. The molecule has 2 aliphatic carbocycles. The summed E-state index contributed by atoms with van der Waals surface area (Å²) in [5.74, 6) is -0.405. The topological polar surface area (TPSA) is 129 Å². The summed E-state index contributed by atoms with van der Waals surface area (Å²) in [4.78, 5) is 36.4. The molecular formula is C49H74O9. The molecule has 8 unspecified atom stereocenters. The van der Waals surface area contributed by atoms with Crippen molar-refractivity contribution in [2.75, 3.05) is 14.2 Å². The predicted octanol–water partition coefficient (Wildman–Crippen LogP) is 11.1. The van der Waals surface area contributed by atoms with Gasteiger partial charge in [-0.2, -0.15) is 0 Å². The number of methoxy groups -OCH3 is 2. The largest absolute Gasteiger partial charge is 0.505 e. The van der Waals surface area contributed by atoms with Crippen molar-refractivity contribution >= 4 is 17.5 Å². The minimum Gasteiger partial charge on any atom is -0.505 e. The molecule has 1 heterocycles. The predicted molar refractivity (Wildman–Crippen MR) is 232 cm³/mol. The Bertz CT molecular complexity index is 1650. The molecule has 9 nitrogen and oxygen atoms in total. The van der Waals surface area contributed by atoms with E-state index < -0.39 is 18.2 Å². The molecule has 1 fully saturated rings. The van der Waals surface area contributed by atoms with Crippen molar-refractivity contribution in [1.82, 2.24) is 0 Å². The lowest BCUT2D eigenvalue weighted by molar-refractivity contribution is -0.153. The molecule has 1 saturated heterocycles. The maximum Gasteiger partial charge on any atom is 0.303 e. The number of hydrogen-bond acceptors (Lipinski definition) is 9. The Morgan fingerprint density at radius 2 is 1.29 bits per heavy atom. The van der Waals surface area contributed by atoms with E-state index in [-0.39, 0.29) is 58.6 Å². The van der Waals surface area contributed by atoms with Gasteiger partial charge in [-0.25, -0.2) is 0 Å². The number of esters is 1. The van der Waals surface area contributed by atoms with Crippen LogP contribution in [0.25, 0.3) is 0 Å². The minimum absolute atomic E-state index is 0.126. The Balaban J connectivity index is 0.000000416. The van der Waals surface area contributed by atoms with Crippen LogP contribution >= 0.6 is 0 Å². The summed E-state index contributed by atoms with van der Waals surface area (Å²) in [7, 11) is 2.90. The number of Topliss-reactive ketones (excluding diaryl/α,β-unsaturated/α-hetero) is 2. The average molecular weight is 807 g/mol. The van der Waals surface area contributed by atoms with Crippen molar-refractivity contribution in [3.8, 4) is 0 Å². The second-order valence-electron chi connectivity index (χ2n) is 16.9. The van der Waals surface area contributed by atoms with E-state index >= 15 is 0 Å². The summed E-state index contributed by atoms with van der Waals surface area (Å²) in [6.45, 7) is 23.9. The summed E-state index contributed by atoms with van der Waals surface area (Å²) in [6.07, 6.45) is 20.6. The highest BCUT2D eigenvalue weighted by molar-refractivity contribution is 5.97. The zero-order valence-electron chi connectivity index (χ0n) is 37.6. The third-order valence-corrected chi connectivity index (χ3v) is 11.6. The standard InChI is InChI=1S/C27H40O6.C22H34O3/c1-16(10-9-11-17(2)14-22-15-18(3)20(5)32-22)12-13-23-19(4)24(29)26(30-7)27(31-8)25(23)33-21(6)28;1-15(2)8-6-9-16(3)10-7-11-17(4)12-13-19-18(5)22(25)21(24)14-20(19)23/h11-12,18-19,22-23,25H,5,9-10,13-15H2,1-4,6-8H3;8,10,12,14,18-20,23-24H,6-7,9,11,13H2,1-5H3/b16-12+,17-11+;16-10+,17-12+. The number of rotatable bonds is 18. The van der Waals surface area contributed by atoms with Crippen LogP contribution in [0.4, 0.5) is 0 Å². The van der Waals surface area contributed by atoms with E-state index in [1.165, 1.54) is 55.1 Å². The van der Waals surface area contributed by atoms with E-state index in [9.17, 15) is 24.6 Å². The highest BCUT2D eigenvalue weighted by atomic mass is 16.6. The first-order chi connectivity index (χ1) is 27.3. The van der Waals surface area contributed by atoms with E-state index in [1.54, 1.807) is 6.92 Å². The van der Waals surface area contributed by atoms with Gasteiger partial charge in [0.05, 0.1) is 26.1 Å². The van der Waals surface area contributed by atoms with Crippen molar-refractivity contribution in [1.29, 1.82) is 0 Å². The molecule has 0 aromatic heterocycles. The zero-order valence-corrected chi connectivity index (χ0v) is 37.6. The van der Waals surface area contributed by atoms with Gasteiger partial charge >= 0.3 is 5.97 Å². The van der Waals surface area contributed by atoms with Crippen LogP contribution in [0.1, 0.15) is 133 Å². The third-order valence-electron chi connectivity index (χ3n) is 11.6. The molecule has 0 bridgehead atoms. The van der Waals surface area contributed by atoms with Crippen molar-refractivity contribution in [3.63, 3.8) is 0 Å². The van der Waals surface area contributed by atoms with Crippen molar-refractivity contribution in [2.24, 2.45) is 29.6 Å². The van der Waals surface area contributed by atoms with Gasteiger partial charge in [0.15, 0.2) is 23.4 Å². The molecule has 8 atom stereocenters. The van der Waals surface area contributed by atoms with Crippen LogP contribution in [-0.4, -0.2) is 60.3 Å². The minimum atomic E-state index is -0.756. The Hall–Kier alpha value is -4.11. The number of allylic oxidation sites excluding steroid dienone is 12. The molecule has 3 aliphatic rings. The van der Waals surface area contributed by atoms with Gasteiger partial charge in [0, 0.05) is 42.9 Å². The van der Waals surface area contributed by atoms with E-state index in [0.29, 0.717) is 18.8 Å². The third kappa shape index (κ3) is 15.9. The molecule has 0 aromatic rings. The van der Waals surface area contributed by atoms with Gasteiger partial charge in [-0.15, -0.1) is 0 Å². The van der Waals surface area contributed by atoms with Crippen LogP contribution in [0, 0.1) is 29.6 Å². The van der Waals surface area contributed by atoms with E-state index in [1.807, 2.05) is 6.92 Å². The van der Waals surface area contributed by atoms with Crippen LogP contribution < -0.4 is 0 Å². The fourth-order valence-electron chi connectivity index (χ4n) is 7.73. The quantitative estimate of drug-likeness (QED) is 0.103. The molecule has 0 amide bonds. The van der Waals surface area contributed by atoms with Crippen LogP contribution in [0.15, 0.2) is 93.9 Å². The molecule has 0 saturated carbocycles. The Morgan fingerprint density at radius 1 is 0.776 bits per heavy atom. The fraction of sp³-hybridized carbons (Fsp3) is 0.612. The lowest BCUT2D eigenvalue weighted by Gasteiger charge is -2.35. The first kappa shape index (κ1) is 50.0. The number of carbonyl (C=O) groups excluding carboxylic acids is 3. The number of aliphatic hydroxyl groups excluding tert-OH is 2. The Kier molecular flexibility index (Phi) is 21.3. The molecule has 324 valence electrons. The first-order valence-electron chi connectivity index (χ1n) is 21.1. The fourth-order valence-corrected chi connectivity index (χ4v) is 7.73. The van der Waals surface area contributed by atoms with Gasteiger partial charge in [0.25, 0.3) is 0 Å². The molecule has 0 spiro atoms. The number of aliphatic hydroxyl groups is 2. The lowest BCUT2D eigenvalue weighted by atomic mass is 9.77. The highest BCUT2D eigenvalue weighted by Crippen LogP contribution is 2.38. The SMILES string of the molecule is C=C1OC(C/C(C)=C/CC/C(C)=C/CC2C(C)C(=O)C(OC)=C(OC)C2OC(C)=O)CC1C.CC(C)=CCC/C(C)=C/CC/C(C)=C/CC1C(O)C=C(O)C(=O)C1C. The van der Waals surface area contributed by atoms with Crippen molar-refractivity contribution in [2.45, 2.75) is 152 Å². The van der Waals surface area contributed by atoms with Gasteiger partial charge in [-0.05, 0) is 105 Å². The van der Waals surface area contributed by atoms with Crippen LogP contribution in [0.2, 0.25) is 0 Å². The van der Waals surface area contributed by atoms with Crippen molar-refractivity contribution in [3.05, 3.63) is 93.9 Å². The summed E-state index contributed by atoms with van der Waals surface area (Å²) in [5.41, 5.74) is 6.64. The molecule has 58 heavy (non-hydrogen) atoms. The number of hydrogen-bond donors (Lipinski definition) is 2. The number of ether oxygens (including phenoxy) is 4. The molecule has 0 aromatic carbocycles. The molecule has 2 N–H and O–H groups in total. The molecule has 9 heteroatoms. The molecule has 0 radical (unpaired) electrons. The monoisotopic (exact) mass is 807 g/mol. The van der Waals surface area contributed by atoms with Gasteiger partial charge in [-0.3, -0.25) is 14.4 Å². The lowest BCUT2D eigenvalue weighted by Crippen LogP contribution is -2.42. The van der Waals surface area contributed by atoms with Gasteiger partial charge < -0.3 is 29.2 Å². The summed E-state index contributed by atoms with van der Waals surface area (Å²) >= 11 is 0. The second-order valence-corrected chi connectivity index (χ2v) is 16.9. The zero-order chi connectivity index (χ0) is 43.7. The van der Waals surface area contributed by atoms with E-state index in [0.717, 1.165) is 57.1 Å². The van der Waals surface area contributed by atoms with Crippen molar-refractivity contribution < 1.29 is 43.5 Å². The summed E-state index contributed by atoms with van der Waals surface area (Å²) in [6, 6.07) is 0. The maximum absolute atomic E-state index is 12.8. The van der Waals surface area contributed by atoms with Crippen LogP contribution in [0.5, 0.6) is 0 Å². The Morgan fingerprint density at radius 3 is 1.79 bits per heavy atom. The van der Waals surface area contributed by atoms with Gasteiger partial charge in [-0.1, -0.05) is 85.6 Å². The number of ketones is 2. The highest BCUT2D eigenvalue weighted by Gasteiger charge is 2.45. The number of carbonyl (C=O) groups is 3. The molecule has 3 rings (SSSR count). The van der Waals surface area contributed by atoms with Gasteiger partial charge in [0.2, 0.25) is 11.5 Å². The normalized spacial score (nSPS) is 27.1. The second kappa shape index (κ2) is 24.7. The van der Waals surface area contributed by atoms with E-state index in [4.69, 9.17) is 18.9 Å². The smallest absolute Gasteiger partial charge is 0.303 e. The summed E-state index contributed by atoms with van der Waals surface area (Å²) < 4.78 is 22.1. The maximum atomic E-state index is 12.8. The summed E-state index contributed by atoms with van der Waals surface area (Å²) in [5, 5.41) is 19.6. The molecule has 1 aliphatic heterocycles. The molecular weight excluding hydrogens is 733 g/mol. The first-order valence-corrected chi connectivity index (χ1v) is 21.1. The van der Waals surface area contributed by atoms with Crippen LogP contribution in [0.3, 0.4) is 0 Å². The Labute approximate surface area is 349 Å². The van der Waals surface area contributed by atoms with E-state index in [2.05, 4.69) is 85.4 Å². The van der Waals surface area contributed by atoms with Crippen LogP contribution in [-0.2, 0) is 33.3 Å².